The number of hydrogen-bond acceptors (Lipinski definition) is 8. The predicted molar refractivity (Wildman–Crippen MR) is 110 cm³/mol. The van der Waals surface area contributed by atoms with Crippen molar-refractivity contribution >= 4 is 46.5 Å². The molecule has 0 aliphatic rings. The molecule has 0 spiro atoms. The third kappa shape index (κ3) is 4.62. The van der Waals surface area contributed by atoms with E-state index in [1.54, 1.807) is 13.0 Å². The molecule has 0 fully saturated rings. The van der Waals surface area contributed by atoms with E-state index in [1.165, 1.54) is 31.5 Å². The summed E-state index contributed by atoms with van der Waals surface area (Å²) in [5, 5.41) is 3.91. The molecule has 1 unspecified atom stereocenters. The fraction of sp³-hybridized carbons (Fsp3) is 0.250. The third-order valence-electron chi connectivity index (χ3n) is 4.14. The zero-order valence-corrected chi connectivity index (χ0v) is 16.9. The molecule has 1 atom stereocenters. The Hall–Kier alpha value is -3.20. The van der Waals surface area contributed by atoms with Crippen molar-refractivity contribution in [2.75, 3.05) is 11.9 Å². The number of hydrogen-bond donors (Lipinski definition) is 1. The second-order valence-electron chi connectivity index (χ2n) is 6.25. The Bertz CT molecular complexity index is 1080. The van der Waals surface area contributed by atoms with Gasteiger partial charge in [0.2, 0.25) is 0 Å². The number of aryl methyl sites for hydroxylation is 1. The number of rotatable bonds is 7. The topological polar surface area (TPSA) is 85.7 Å². The van der Waals surface area contributed by atoms with Crippen LogP contribution in [0.2, 0.25) is 0 Å². The highest BCUT2D eigenvalue weighted by Gasteiger charge is 2.19. The average molecular weight is 414 g/mol. The molecule has 0 radical (unpaired) electrons. The minimum absolute atomic E-state index is 0.159. The Labute approximate surface area is 172 Å². The first-order valence-corrected chi connectivity index (χ1v) is 9.28. The normalized spacial score (nSPS) is 11.7. The number of ether oxygens (including phenoxy) is 2. The molecule has 0 bridgehead atoms. The van der Waals surface area contributed by atoms with Gasteiger partial charge in [-0.05, 0) is 50.6 Å². The summed E-state index contributed by atoms with van der Waals surface area (Å²) in [6.45, 7) is 5.36. The van der Waals surface area contributed by atoms with Gasteiger partial charge in [-0.2, -0.15) is 4.36 Å². The van der Waals surface area contributed by atoms with E-state index in [0.29, 0.717) is 22.7 Å². The van der Waals surface area contributed by atoms with Crippen LogP contribution in [0.15, 0.2) is 41.0 Å². The molecule has 3 rings (SSSR count). The maximum atomic E-state index is 13.8. The van der Waals surface area contributed by atoms with Crippen LogP contribution in [0.5, 0.6) is 5.75 Å². The van der Waals surface area contributed by atoms with Gasteiger partial charge in [0.05, 0.1) is 23.5 Å². The minimum atomic E-state index is -0.905. The molecule has 1 N–H and O–H groups in total. The van der Waals surface area contributed by atoms with Gasteiger partial charge in [-0.25, -0.2) is 19.2 Å². The summed E-state index contributed by atoms with van der Waals surface area (Å²) in [6, 6.07) is 7.58. The Kier molecular flexibility index (Phi) is 6.28. The Morgan fingerprint density at radius 2 is 2.10 bits per heavy atom. The highest BCUT2D eigenvalue weighted by molar-refractivity contribution is 7.47. The second-order valence-corrected chi connectivity index (χ2v) is 6.43. The number of fused-ring (bicyclic) bond motifs is 1. The van der Waals surface area contributed by atoms with Gasteiger partial charge in [0.15, 0.2) is 6.10 Å². The Morgan fingerprint density at radius 3 is 2.83 bits per heavy atom. The van der Waals surface area contributed by atoms with Gasteiger partial charge in [-0.15, -0.1) is 0 Å². The van der Waals surface area contributed by atoms with Gasteiger partial charge in [0, 0.05) is 23.9 Å². The lowest BCUT2D eigenvalue weighted by Crippen LogP contribution is -2.26. The fourth-order valence-corrected chi connectivity index (χ4v) is 2.95. The highest BCUT2D eigenvalue weighted by atomic mass is 32.1. The molecule has 7 nitrogen and oxygen atoms in total. The number of aromatic nitrogens is 2. The summed E-state index contributed by atoms with van der Waals surface area (Å²) < 4.78 is 28.2. The molecule has 0 aliphatic heterocycles. The van der Waals surface area contributed by atoms with Crippen molar-refractivity contribution in [3.8, 4) is 5.75 Å². The molecule has 0 saturated carbocycles. The van der Waals surface area contributed by atoms with Crippen LogP contribution in [0.1, 0.15) is 19.4 Å². The zero-order chi connectivity index (χ0) is 21.0. The number of nitrogens with zero attached hydrogens (tertiary/aromatic N) is 3. The van der Waals surface area contributed by atoms with Crippen LogP contribution in [0.4, 0.5) is 21.6 Å². The van der Waals surface area contributed by atoms with Crippen molar-refractivity contribution in [1.29, 1.82) is 0 Å². The molecular weight excluding hydrogens is 395 g/mol. The third-order valence-corrected chi connectivity index (χ3v) is 4.36. The standard InChI is InChI=1S/C20H19FN4O3S/c1-4-27-20(26)12(3)28-17-8-13(21)5-6-15(17)24-19-18-11(2)7-14(25-29)9-16(18)22-10-23-19/h5-10,12H,4H2,1-3H3,(H,22,23,24). The van der Waals surface area contributed by atoms with Crippen LogP contribution in [0, 0.1) is 12.7 Å². The van der Waals surface area contributed by atoms with Crippen molar-refractivity contribution in [3.63, 3.8) is 0 Å². The molecule has 0 amide bonds. The zero-order valence-electron chi connectivity index (χ0n) is 16.1. The molecule has 29 heavy (non-hydrogen) atoms. The SMILES string of the molecule is CCOC(=O)C(C)Oc1cc(F)ccc1Nc1ncnc2cc(N=S)cc(C)c12. The van der Waals surface area contributed by atoms with Gasteiger partial charge in [0.25, 0.3) is 0 Å². The largest absolute Gasteiger partial charge is 0.477 e. The van der Waals surface area contributed by atoms with Crippen molar-refractivity contribution in [3.05, 3.63) is 48.0 Å². The van der Waals surface area contributed by atoms with Gasteiger partial charge in [-0.1, -0.05) is 0 Å². The number of carbonyl (C=O) groups is 1. The molecular formula is C20H19FN4O3S. The minimum Gasteiger partial charge on any atom is -0.477 e. The lowest BCUT2D eigenvalue weighted by atomic mass is 10.1. The van der Waals surface area contributed by atoms with E-state index >= 15 is 0 Å². The number of esters is 1. The van der Waals surface area contributed by atoms with Crippen LogP contribution in [-0.4, -0.2) is 28.6 Å². The second kappa shape index (κ2) is 8.87. The van der Waals surface area contributed by atoms with E-state index in [9.17, 15) is 9.18 Å². The lowest BCUT2D eigenvalue weighted by Gasteiger charge is -2.18. The summed E-state index contributed by atoms with van der Waals surface area (Å²) in [7, 11) is 0. The van der Waals surface area contributed by atoms with Crippen LogP contribution in [-0.2, 0) is 22.0 Å². The van der Waals surface area contributed by atoms with Crippen molar-refractivity contribution in [1.82, 2.24) is 9.97 Å². The van der Waals surface area contributed by atoms with E-state index in [1.807, 2.05) is 13.0 Å². The number of anilines is 2. The molecule has 3 aromatic rings. The summed E-state index contributed by atoms with van der Waals surface area (Å²) in [6.07, 6.45) is 0.500. The van der Waals surface area contributed by atoms with E-state index in [-0.39, 0.29) is 12.4 Å². The monoisotopic (exact) mass is 414 g/mol. The molecule has 9 heteroatoms. The van der Waals surface area contributed by atoms with E-state index in [4.69, 9.17) is 21.9 Å². The van der Waals surface area contributed by atoms with Gasteiger partial charge in [0.1, 0.15) is 23.7 Å². The maximum absolute atomic E-state index is 13.8. The van der Waals surface area contributed by atoms with Crippen molar-refractivity contribution < 1.29 is 18.7 Å². The van der Waals surface area contributed by atoms with Crippen LogP contribution in [0.3, 0.4) is 0 Å². The number of benzene rings is 2. The predicted octanol–water partition coefficient (Wildman–Crippen LogP) is 4.51. The molecule has 0 aliphatic carbocycles. The van der Waals surface area contributed by atoms with Gasteiger partial charge < -0.3 is 14.8 Å². The Morgan fingerprint density at radius 1 is 1.31 bits per heavy atom. The maximum Gasteiger partial charge on any atom is 0.347 e. The quantitative estimate of drug-likeness (QED) is 0.569. The van der Waals surface area contributed by atoms with Gasteiger partial charge >= 0.3 is 5.97 Å². The highest BCUT2D eigenvalue weighted by Crippen LogP contribution is 2.33. The number of halogens is 1. The average Bonchev–Trinajstić information content (AvgIpc) is 2.69. The first-order chi connectivity index (χ1) is 13.9. The first-order valence-electron chi connectivity index (χ1n) is 8.91. The van der Waals surface area contributed by atoms with E-state index in [2.05, 4.69) is 19.6 Å². The summed E-state index contributed by atoms with van der Waals surface area (Å²) in [4.78, 5) is 20.5. The molecule has 0 saturated heterocycles. The molecule has 2 aromatic carbocycles. The summed E-state index contributed by atoms with van der Waals surface area (Å²) in [5.74, 6) is -0.371. The van der Waals surface area contributed by atoms with Crippen molar-refractivity contribution in [2.24, 2.45) is 4.36 Å². The number of carbonyl (C=O) groups excluding carboxylic acids is 1. The summed E-state index contributed by atoms with van der Waals surface area (Å²) in [5.41, 5.74) is 2.61. The number of nitrogens with one attached hydrogen (secondary N) is 1. The van der Waals surface area contributed by atoms with E-state index < -0.39 is 17.9 Å². The van der Waals surface area contributed by atoms with Gasteiger partial charge in [-0.3, -0.25) is 0 Å². The lowest BCUT2D eigenvalue weighted by molar-refractivity contribution is -0.150. The van der Waals surface area contributed by atoms with Crippen molar-refractivity contribution in [2.45, 2.75) is 26.9 Å². The molecule has 1 heterocycles. The molecule has 150 valence electrons. The fourth-order valence-electron chi connectivity index (χ4n) is 2.84. The smallest absolute Gasteiger partial charge is 0.347 e. The van der Waals surface area contributed by atoms with Crippen LogP contribution < -0.4 is 10.1 Å². The van der Waals surface area contributed by atoms with Crippen LogP contribution in [0.25, 0.3) is 10.9 Å². The van der Waals surface area contributed by atoms with E-state index in [0.717, 1.165) is 10.9 Å². The first kappa shape index (κ1) is 20.5. The summed E-state index contributed by atoms with van der Waals surface area (Å²) >= 11 is 4.76. The Balaban J connectivity index is 1.99. The molecule has 1 aromatic heterocycles. The van der Waals surface area contributed by atoms with Crippen LogP contribution >= 0.6 is 0 Å².